The molecule has 0 radical (unpaired) electrons. The molecule has 2 aromatic rings. The third-order valence-electron chi connectivity index (χ3n) is 2.32. The lowest BCUT2D eigenvalue weighted by molar-refractivity contribution is 0.485. The third kappa shape index (κ3) is 1.83. The van der Waals surface area contributed by atoms with Gasteiger partial charge in [0.1, 0.15) is 12.5 Å². The van der Waals surface area contributed by atoms with E-state index in [4.69, 9.17) is 5.73 Å². The Labute approximate surface area is 87.3 Å². The normalized spacial score (nSPS) is 10.5. The fourth-order valence-electron chi connectivity index (χ4n) is 1.39. The summed E-state index contributed by atoms with van der Waals surface area (Å²) in [4.78, 5) is 0. The average Bonchev–Trinajstić information content (AvgIpc) is 2.59. The highest BCUT2D eigenvalue weighted by Gasteiger charge is 2.04. The smallest absolute Gasteiger partial charge is 0.121 e. The highest BCUT2D eigenvalue weighted by molar-refractivity contribution is 5.62. The van der Waals surface area contributed by atoms with Crippen molar-refractivity contribution in [2.75, 3.05) is 5.73 Å². The summed E-state index contributed by atoms with van der Waals surface area (Å²) < 4.78 is 13.9. The first-order valence-corrected chi connectivity index (χ1v) is 4.65. The summed E-state index contributed by atoms with van der Waals surface area (Å²) in [5, 5.41) is 4.23. The van der Waals surface area contributed by atoms with Gasteiger partial charge in [0.2, 0.25) is 0 Å². The minimum atomic E-state index is -0.440. The molecule has 0 saturated carbocycles. The van der Waals surface area contributed by atoms with E-state index in [-0.39, 0.29) is 0 Å². The van der Waals surface area contributed by atoms with E-state index in [0.29, 0.717) is 11.4 Å². The monoisotopic (exact) mass is 205 g/mol. The van der Waals surface area contributed by atoms with Gasteiger partial charge in [-0.15, -0.1) is 0 Å². The molecule has 0 aliphatic rings. The highest BCUT2D eigenvalue weighted by Crippen LogP contribution is 2.20. The van der Waals surface area contributed by atoms with Crippen molar-refractivity contribution in [3.05, 3.63) is 35.9 Å². The first-order valence-electron chi connectivity index (χ1n) is 4.65. The Kier molecular flexibility index (Phi) is 2.41. The van der Waals surface area contributed by atoms with Crippen molar-refractivity contribution >= 4 is 5.82 Å². The number of aryl methyl sites for hydroxylation is 1. The van der Waals surface area contributed by atoms with Gasteiger partial charge in [-0.05, 0) is 5.56 Å². The lowest BCUT2D eigenvalue weighted by atomic mass is 10.1. The van der Waals surface area contributed by atoms with Crippen LogP contribution in [0.2, 0.25) is 0 Å². The fourth-order valence-corrected chi connectivity index (χ4v) is 1.39. The Morgan fingerprint density at radius 3 is 2.47 bits per heavy atom. The third-order valence-corrected chi connectivity index (χ3v) is 2.32. The second kappa shape index (κ2) is 3.73. The van der Waals surface area contributed by atoms with Crippen molar-refractivity contribution in [3.8, 4) is 11.3 Å². The Hall–Kier alpha value is -1.84. The molecule has 1 aromatic heterocycles. The summed E-state index contributed by atoms with van der Waals surface area (Å²) in [6.45, 7) is -0.440. The summed E-state index contributed by atoms with van der Waals surface area (Å²) in [6, 6.07) is 8.98. The van der Waals surface area contributed by atoms with Crippen molar-refractivity contribution in [2.45, 2.75) is 6.67 Å². The van der Waals surface area contributed by atoms with Gasteiger partial charge in [-0.1, -0.05) is 24.3 Å². The zero-order valence-corrected chi connectivity index (χ0v) is 8.44. The molecule has 15 heavy (non-hydrogen) atoms. The molecule has 0 amide bonds. The van der Waals surface area contributed by atoms with Gasteiger partial charge in [0.05, 0.1) is 5.69 Å². The van der Waals surface area contributed by atoms with Gasteiger partial charge in [-0.2, -0.15) is 5.10 Å². The predicted molar refractivity (Wildman–Crippen MR) is 57.9 cm³/mol. The molecule has 0 aliphatic carbocycles. The van der Waals surface area contributed by atoms with E-state index in [2.05, 4.69) is 5.10 Å². The molecular weight excluding hydrogens is 193 g/mol. The van der Waals surface area contributed by atoms with Crippen molar-refractivity contribution in [3.63, 3.8) is 0 Å². The van der Waals surface area contributed by atoms with E-state index in [9.17, 15) is 4.39 Å². The number of hydrogen-bond donors (Lipinski definition) is 1. The minimum Gasteiger partial charge on any atom is -0.384 e. The quantitative estimate of drug-likeness (QED) is 0.816. The van der Waals surface area contributed by atoms with E-state index < -0.39 is 6.67 Å². The van der Waals surface area contributed by atoms with Gasteiger partial charge >= 0.3 is 0 Å². The largest absolute Gasteiger partial charge is 0.384 e. The van der Waals surface area contributed by atoms with Crippen LogP contribution in [0.3, 0.4) is 0 Å². The van der Waals surface area contributed by atoms with Crippen molar-refractivity contribution in [1.82, 2.24) is 9.78 Å². The molecule has 78 valence electrons. The Morgan fingerprint density at radius 2 is 2.00 bits per heavy atom. The maximum atomic E-state index is 12.3. The van der Waals surface area contributed by atoms with Gasteiger partial charge in [-0.25, -0.2) is 4.39 Å². The summed E-state index contributed by atoms with van der Waals surface area (Å²) in [5.74, 6) is 0.611. The second-order valence-electron chi connectivity index (χ2n) is 3.41. The lowest BCUT2D eigenvalue weighted by Crippen LogP contribution is -1.96. The van der Waals surface area contributed by atoms with Crippen LogP contribution in [0.15, 0.2) is 30.3 Å². The van der Waals surface area contributed by atoms with Gasteiger partial charge in [-0.3, -0.25) is 4.68 Å². The first-order chi connectivity index (χ1) is 7.20. The first kappa shape index (κ1) is 9.71. The number of aromatic nitrogens is 2. The van der Waals surface area contributed by atoms with Crippen LogP contribution in [0.5, 0.6) is 0 Å². The summed E-state index contributed by atoms with van der Waals surface area (Å²) in [7, 11) is 1.79. The van der Waals surface area contributed by atoms with E-state index in [1.54, 1.807) is 29.9 Å². The van der Waals surface area contributed by atoms with Crippen LogP contribution in [0.25, 0.3) is 11.3 Å². The summed E-state index contributed by atoms with van der Waals surface area (Å²) >= 11 is 0. The Balaban J connectivity index is 2.37. The van der Waals surface area contributed by atoms with Crippen LogP contribution in [0, 0.1) is 0 Å². The summed E-state index contributed by atoms with van der Waals surface area (Å²) in [6.07, 6.45) is 0. The van der Waals surface area contributed by atoms with Crippen LogP contribution >= 0.6 is 0 Å². The number of nitrogen functional groups attached to an aromatic ring is 1. The highest BCUT2D eigenvalue weighted by atomic mass is 19.1. The van der Waals surface area contributed by atoms with Crippen molar-refractivity contribution < 1.29 is 4.39 Å². The zero-order chi connectivity index (χ0) is 10.8. The maximum absolute atomic E-state index is 12.3. The standard InChI is InChI=1S/C11H12FN3/c1-15-11(13)6-10(14-15)9-4-2-8(7-12)3-5-9/h2-6H,7,13H2,1H3. The molecular formula is C11H12FN3. The molecule has 0 fully saturated rings. The van der Waals surface area contributed by atoms with Crippen LogP contribution < -0.4 is 5.73 Å². The minimum absolute atomic E-state index is 0.440. The predicted octanol–water partition coefficient (Wildman–Crippen LogP) is 2.14. The molecule has 3 nitrogen and oxygen atoms in total. The Bertz CT molecular complexity index is 440. The van der Waals surface area contributed by atoms with Crippen molar-refractivity contribution in [1.29, 1.82) is 0 Å². The van der Waals surface area contributed by atoms with Gasteiger partial charge in [0, 0.05) is 18.7 Å². The molecule has 1 aromatic carbocycles. The number of benzene rings is 1. The van der Waals surface area contributed by atoms with E-state index in [1.807, 2.05) is 12.1 Å². The topological polar surface area (TPSA) is 43.8 Å². The van der Waals surface area contributed by atoms with E-state index >= 15 is 0 Å². The van der Waals surface area contributed by atoms with Crippen LogP contribution in [0.4, 0.5) is 10.2 Å². The molecule has 2 rings (SSSR count). The SMILES string of the molecule is Cn1nc(-c2ccc(CF)cc2)cc1N. The average molecular weight is 205 g/mol. The number of rotatable bonds is 2. The number of alkyl halides is 1. The molecule has 0 atom stereocenters. The Morgan fingerprint density at radius 1 is 1.33 bits per heavy atom. The number of nitrogens with zero attached hydrogens (tertiary/aromatic N) is 2. The number of hydrogen-bond acceptors (Lipinski definition) is 2. The van der Waals surface area contributed by atoms with Gasteiger partial charge in [0.25, 0.3) is 0 Å². The van der Waals surface area contributed by atoms with Crippen LogP contribution in [-0.4, -0.2) is 9.78 Å². The molecule has 0 saturated heterocycles. The van der Waals surface area contributed by atoms with Crippen LogP contribution in [-0.2, 0) is 13.7 Å². The molecule has 2 N–H and O–H groups in total. The molecule has 0 aliphatic heterocycles. The fraction of sp³-hybridized carbons (Fsp3) is 0.182. The van der Waals surface area contributed by atoms with Crippen molar-refractivity contribution in [2.24, 2.45) is 7.05 Å². The van der Waals surface area contributed by atoms with Gasteiger partial charge < -0.3 is 5.73 Å². The van der Waals surface area contributed by atoms with Crippen LogP contribution in [0.1, 0.15) is 5.56 Å². The van der Waals surface area contributed by atoms with E-state index in [0.717, 1.165) is 11.3 Å². The number of nitrogens with two attached hydrogens (primary N) is 1. The number of anilines is 1. The lowest BCUT2D eigenvalue weighted by Gasteiger charge is -1.97. The molecule has 1 heterocycles. The molecule has 0 bridgehead atoms. The molecule has 4 heteroatoms. The maximum Gasteiger partial charge on any atom is 0.121 e. The summed E-state index contributed by atoms with van der Waals surface area (Å²) in [5.41, 5.74) is 8.09. The van der Waals surface area contributed by atoms with E-state index in [1.165, 1.54) is 0 Å². The van der Waals surface area contributed by atoms with Gasteiger partial charge in [0.15, 0.2) is 0 Å². The molecule has 0 unspecified atom stereocenters. The zero-order valence-electron chi connectivity index (χ0n) is 8.44. The molecule has 0 spiro atoms. The second-order valence-corrected chi connectivity index (χ2v) is 3.41. The number of halogens is 1.